The Bertz CT molecular complexity index is 2510. The van der Waals surface area contributed by atoms with Crippen LogP contribution in [-0.2, 0) is 0 Å². The number of benzene rings is 8. The van der Waals surface area contributed by atoms with Gasteiger partial charge in [0.1, 0.15) is 0 Å². The highest BCUT2D eigenvalue weighted by molar-refractivity contribution is 7.26. The van der Waals surface area contributed by atoms with E-state index >= 15 is 0 Å². The fourth-order valence-electron chi connectivity index (χ4n) is 6.78. The number of hydrogen-bond acceptors (Lipinski definition) is 2. The van der Waals surface area contributed by atoms with E-state index in [9.17, 15) is 0 Å². The minimum Gasteiger partial charge on any atom is -0.310 e. The van der Waals surface area contributed by atoms with E-state index < -0.39 is 0 Å². The van der Waals surface area contributed by atoms with Crippen molar-refractivity contribution in [3.63, 3.8) is 0 Å². The molecule has 0 saturated heterocycles. The Morgan fingerprint density at radius 1 is 0.370 bits per heavy atom. The van der Waals surface area contributed by atoms with Gasteiger partial charge in [-0.05, 0) is 86.3 Å². The first-order chi connectivity index (χ1) is 22.8. The first-order valence-corrected chi connectivity index (χ1v) is 16.5. The number of anilines is 3. The maximum atomic E-state index is 2.36. The van der Waals surface area contributed by atoms with Crippen LogP contribution in [0.1, 0.15) is 0 Å². The van der Waals surface area contributed by atoms with Crippen molar-refractivity contribution in [2.45, 2.75) is 0 Å². The first kappa shape index (κ1) is 26.7. The SMILES string of the molecule is c1ccc(-c2ccc(N(c3ccc(-c4cccc5sc6c7ccccc7ccc6c45)cc3)c3ccc4ccccc4c3)cc2)cc1. The van der Waals surface area contributed by atoms with Gasteiger partial charge in [0.2, 0.25) is 0 Å². The molecule has 0 spiro atoms. The third kappa shape index (κ3) is 4.54. The number of rotatable bonds is 5. The summed E-state index contributed by atoms with van der Waals surface area (Å²) in [6, 6.07) is 63.8. The molecule has 0 aliphatic heterocycles. The summed E-state index contributed by atoms with van der Waals surface area (Å²) in [5, 5.41) is 7.75. The molecule has 0 aliphatic carbocycles. The average Bonchev–Trinajstić information content (AvgIpc) is 3.52. The maximum absolute atomic E-state index is 2.36. The molecule has 9 aromatic rings. The molecule has 0 bridgehead atoms. The van der Waals surface area contributed by atoms with Gasteiger partial charge in [-0.15, -0.1) is 11.3 Å². The number of hydrogen-bond donors (Lipinski definition) is 0. The van der Waals surface area contributed by atoms with Crippen LogP contribution in [0.15, 0.2) is 176 Å². The van der Waals surface area contributed by atoms with Crippen molar-refractivity contribution in [1.29, 1.82) is 0 Å². The quantitative estimate of drug-likeness (QED) is 0.189. The van der Waals surface area contributed by atoms with Crippen molar-refractivity contribution < 1.29 is 0 Å². The van der Waals surface area contributed by atoms with Gasteiger partial charge < -0.3 is 4.90 Å². The van der Waals surface area contributed by atoms with Crippen LogP contribution in [0, 0.1) is 0 Å². The van der Waals surface area contributed by atoms with E-state index in [-0.39, 0.29) is 0 Å². The van der Waals surface area contributed by atoms with Crippen LogP contribution in [-0.4, -0.2) is 0 Å². The molecule has 1 aromatic heterocycles. The van der Waals surface area contributed by atoms with Crippen LogP contribution in [0.2, 0.25) is 0 Å². The van der Waals surface area contributed by atoms with E-state index in [0.717, 1.165) is 17.1 Å². The second kappa shape index (κ2) is 11.0. The molecule has 0 unspecified atom stereocenters. The molecule has 0 atom stereocenters. The van der Waals surface area contributed by atoms with Crippen LogP contribution in [0.25, 0.3) is 64.0 Å². The molecular formula is C44H29NS. The Morgan fingerprint density at radius 2 is 0.978 bits per heavy atom. The lowest BCUT2D eigenvalue weighted by Crippen LogP contribution is -2.09. The summed E-state index contributed by atoms with van der Waals surface area (Å²) in [4.78, 5) is 2.36. The third-order valence-corrected chi connectivity index (χ3v) is 10.3. The van der Waals surface area contributed by atoms with E-state index in [4.69, 9.17) is 0 Å². The normalized spacial score (nSPS) is 11.5. The summed E-state index contributed by atoms with van der Waals surface area (Å²) in [7, 11) is 0. The topological polar surface area (TPSA) is 3.24 Å². The number of fused-ring (bicyclic) bond motifs is 6. The molecule has 46 heavy (non-hydrogen) atoms. The van der Waals surface area contributed by atoms with E-state index in [2.05, 4.69) is 181 Å². The van der Waals surface area contributed by atoms with Gasteiger partial charge in [-0.2, -0.15) is 0 Å². The zero-order valence-electron chi connectivity index (χ0n) is 25.1. The summed E-state index contributed by atoms with van der Waals surface area (Å²) in [5.41, 5.74) is 8.31. The monoisotopic (exact) mass is 603 g/mol. The van der Waals surface area contributed by atoms with Gasteiger partial charge in [0.25, 0.3) is 0 Å². The van der Waals surface area contributed by atoms with Crippen molar-refractivity contribution >= 4 is 70.1 Å². The minimum absolute atomic E-state index is 1.12. The Morgan fingerprint density at radius 3 is 1.76 bits per heavy atom. The summed E-state index contributed by atoms with van der Waals surface area (Å²) in [5.74, 6) is 0. The van der Waals surface area contributed by atoms with Gasteiger partial charge in [-0.3, -0.25) is 0 Å². The molecule has 0 radical (unpaired) electrons. The fraction of sp³-hybridized carbons (Fsp3) is 0. The zero-order valence-corrected chi connectivity index (χ0v) is 25.9. The van der Waals surface area contributed by atoms with Crippen molar-refractivity contribution in [2.75, 3.05) is 4.90 Å². The molecule has 0 saturated carbocycles. The molecule has 2 heteroatoms. The predicted molar refractivity (Wildman–Crippen MR) is 200 cm³/mol. The second-order valence-electron chi connectivity index (χ2n) is 11.8. The van der Waals surface area contributed by atoms with Gasteiger partial charge in [0.05, 0.1) is 0 Å². The van der Waals surface area contributed by atoms with Crippen LogP contribution < -0.4 is 4.90 Å². The highest BCUT2D eigenvalue weighted by Gasteiger charge is 2.16. The Hall–Kier alpha value is -5.70. The largest absolute Gasteiger partial charge is 0.310 e. The van der Waals surface area contributed by atoms with Gasteiger partial charge in [0, 0.05) is 37.2 Å². The highest BCUT2D eigenvalue weighted by Crippen LogP contribution is 2.44. The molecule has 0 fully saturated rings. The lowest BCUT2D eigenvalue weighted by molar-refractivity contribution is 1.29. The maximum Gasteiger partial charge on any atom is 0.0468 e. The van der Waals surface area contributed by atoms with E-state index in [1.807, 2.05) is 11.3 Å². The van der Waals surface area contributed by atoms with E-state index in [0.29, 0.717) is 0 Å². The molecule has 0 aliphatic rings. The van der Waals surface area contributed by atoms with Crippen LogP contribution in [0.3, 0.4) is 0 Å². The molecule has 0 amide bonds. The zero-order chi connectivity index (χ0) is 30.5. The highest BCUT2D eigenvalue weighted by atomic mass is 32.1. The standard InChI is InChI=1S/C44H29NS/c1-2-9-30(10-3-1)32-17-23-36(24-18-32)45(38-27-19-31-11-4-5-13-35(31)29-38)37-25-20-34(21-26-37)39-15-8-16-42-43(39)41-28-22-33-12-6-7-14-40(33)44(41)46-42/h1-29H. The Kier molecular flexibility index (Phi) is 6.40. The molecule has 8 aromatic carbocycles. The third-order valence-electron chi connectivity index (χ3n) is 9.05. The Balaban J connectivity index is 1.16. The summed E-state index contributed by atoms with van der Waals surface area (Å²) < 4.78 is 2.68. The Labute approximate surface area is 272 Å². The lowest BCUT2D eigenvalue weighted by Gasteiger charge is -2.26. The molecule has 9 rings (SSSR count). The molecular weight excluding hydrogens is 575 g/mol. The van der Waals surface area contributed by atoms with Crippen molar-refractivity contribution in [3.8, 4) is 22.3 Å². The van der Waals surface area contributed by atoms with Crippen LogP contribution in [0.5, 0.6) is 0 Å². The van der Waals surface area contributed by atoms with Gasteiger partial charge in [0.15, 0.2) is 0 Å². The van der Waals surface area contributed by atoms with Crippen molar-refractivity contribution in [3.05, 3.63) is 176 Å². The summed E-state index contributed by atoms with van der Waals surface area (Å²) in [6.07, 6.45) is 0. The smallest absolute Gasteiger partial charge is 0.0468 e. The average molecular weight is 604 g/mol. The fourth-order valence-corrected chi connectivity index (χ4v) is 8.05. The van der Waals surface area contributed by atoms with Crippen molar-refractivity contribution in [2.24, 2.45) is 0 Å². The summed E-state index contributed by atoms with van der Waals surface area (Å²) in [6.45, 7) is 0. The molecule has 0 N–H and O–H groups in total. The second-order valence-corrected chi connectivity index (χ2v) is 12.8. The summed E-state index contributed by atoms with van der Waals surface area (Å²) >= 11 is 1.89. The van der Waals surface area contributed by atoms with Crippen molar-refractivity contribution in [1.82, 2.24) is 0 Å². The molecule has 216 valence electrons. The predicted octanol–water partition coefficient (Wildman–Crippen LogP) is 13.2. The minimum atomic E-state index is 1.12. The first-order valence-electron chi connectivity index (χ1n) is 15.7. The van der Waals surface area contributed by atoms with Gasteiger partial charge >= 0.3 is 0 Å². The van der Waals surface area contributed by atoms with Gasteiger partial charge in [-0.1, -0.05) is 133 Å². The lowest BCUT2D eigenvalue weighted by atomic mass is 9.98. The van der Waals surface area contributed by atoms with Crippen LogP contribution >= 0.6 is 11.3 Å². The molecule has 1 nitrogen and oxygen atoms in total. The number of nitrogens with zero attached hydrogens (tertiary/aromatic N) is 1. The van der Waals surface area contributed by atoms with Crippen LogP contribution in [0.4, 0.5) is 17.1 Å². The van der Waals surface area contributed by atoms with E-state index in [1.54, 1.807) is 0 Å². The van der Waals surface area contributed by atoms with Gasteiger partial charge in [-0.25, -0.2) is 0 Å². The van der Waals surface area contributed by atoms with E-state index in [1.165, 1.54) is 64.0 Å². The molecule has 1 heterocycles. The number of thiophene rings is 1.